The van der Waals surface area contributed by atoms with E-state index in [2.05, 4.69) is 38.3 Å². The first-order valence-electron chi connectivity index (χ1n) is 5.69. The number of aromatic amines is 1. The molecule has 0 aliphatic carbocycles. The molecular formula is C11H15BrN4OS. The Morgan fingerprint density at radius 1 is 1.56 bits per heavy atom. The third kappa shape index (κ3) is 2.90. The van der Waals surface area contributed by atoms with E-state index in [4.69, 9.17) is 0 Å². The van der Waals surface area contributed by atoms with Crippen molar-refractivity contribution in [2.45, 2.75) is 26.4 Å². The monoisotopic (exact) mass is 330 g/mol. The average molecular weight is 331 g/mol. The number of nitrogens with zero attached hydrogens (tertiary/aromatic N) is 2. The molecule has 2 N–H and O–H groups in total. The van der Waals surface area contributed by atoms with E-state index in [0.717, 1.165) is 28.0 Å². The zero-order valence-electron chi connectivity index (χ0n) is 10.3. The molecule has 98 valence electrons. The van der Waals surface area contributed by atoms with Crippen molar-refractivity contribution < 1.29 is 0 Å². The predicted octanol–water partition coefficient (Wildman–Crippen LogP) is 1.78. The van der Waals surface area contributed by atoms with Gasteiger partial charge in [-0.3, -0.25) is 9.48 Å². The maximum absolute atomic E-state index is 11.0. The number of hydrogen-bond donors (Lipinski definition) is 2. The molecule has 0 radical (unpaired) electrons. The Morgan fingerprint density at radius 2 is 2.33 bits per heavy atom. The number of aryl methyl sites for hydroxylation is 2. The van der Waals surface area contributed by atoms with E-state index in [-0.39, 0.29) is 4.87 Å². The molecule has 18 heavy (non-hydrogen) atoms. The van der Waals surface area contributed by atoms with Crippen LogP contribution in [0.5, 0.6) is 0 Å². The highest BCUT2D eigenvalue weighted by atomic mass is 79.9. The Labute approximate surface area is 117 Å². The Balaban J connectivity index is 1.98. The van der Waals surface area contributed by atoms with Gasteiger partial charge in [-0.05, 0) is 22.4 Å². The van der Waals surface area contributed by atoms with Crippen molar-refractivity contribution in [3.05, 3.63) is 36.6 Å². The molecule has 0 aliphatic rings. The first kappa shape index (κ1) is 13.5. The van der Waals surface area contributed by atoms with Crippen LogP contribution in [0.1, 0.15) is 24.0 Å². The van der Waals surface area contributed by atoms with Gasteiger partial charge in [0.2, 0.25) is 0 Å². The van der Waals surface area contributed by atoms with Crippen LogP contribution in [0.25, 0.3) is 0 Å². The smallest absolute Gasteiger partial charge is 0.304 e. The lowest BCUT2D eigenvalue weighted by atomic mass is 10.3. The molecule has 0 aromatic carbocycles. The summed E-state index contributed by atoms with van der Waals surface area (Å²) in [6, 6.07) is 0. The topological polar surface area (TPSA) is 62.7 Å². The van der Waals surface area contributed by atoms with Gasteiger partial charge in [0.15, 0.2) is 0 Å². The van der Waals surface area contributed by atoms with Gasteiger partial charge in [-0.2, -0.15) is 5.10 Å². The number of thiazole rings is 1. The summed E-state index contributed by atoms with van der Waals surface area (Å²) < 4.78 is 2.95. The van der Waals surface area contributed by atoms with E-state index in [1.165, 1.54) is 11.3 Å². The summed E-state index contributed by atoms with van der Waals surface area (Å²) >= 11 is 4.76. The predicted molar refractivity (Wildman–Crippen MR) is 75.8 cm³/mol. The van der Waals surface area contributed by atoms with Gasteiger partial charge in [-0.15, -0.1) is 0 Å². The van der Waals surface area contributed by atoms with Crippen LogP contribution < -0.4 is 10.2 Å². The Kier molecular flexibility index (Phi) is 4.36. The summed E-state index contributed by atoms with van der Waals surface area (Å²) in [4.78, 5) is 13.7. The zero-order valence-corrected chi connectivity index (χ0v) is 12.7. The second-order valence-corrected chi connectivity index (χ2v) is 5.60. The van der Waals surface area contributed by atoms with Gasteiger partial charge in [0, 0.05) is 31.2 Å². The minimum atomic E-state index is -0.0122. The van der Waals surface area contributed by atoms with Crippen LogP contribution >= 0.6 is 27.3 Å². The molecule has 0 bridgehead atoms. The van der Waals surface area contributed by atoms with E-state index >= 15 is 0 Å². The van der Waals surface area contributed by atoms with Crippen molar-refractivity contribution in [3.63, 3.8) is 0 Å². The molecule has 2 rings (SSSR count). The molecule has 0 unspecified atom stereocenters. The SMILES string of the molecule is CCc1nn(C)c(CNCc2csc(=O)[nH]2)c1Br. The third-order valence-corrected chi connectivity index (χ3v) is 4.32. The van der Waals surface area contributed by atoms with Crippen molar-refractivity contribution in [1.82, 2.24) is 20.1 Å². The van der Waals surface area contributed by atoms with Gasteiger partial charge in [-0.25, -0.2) is 0 Å². The van der Waals surface area contributed by atoms with Crippen LogP contribution in [0.4, 0.5) is 0 Å². The normalized spacial score (nSPS) is 11.1. The Bertz CT molecular complexity index is 586. The van der Waals surface area contributed by atoms with Crippen molar-refractivity contribution >= 4 is 27.3 Å². The van der Waals surface area contributed by atoms with Crippen LogP contribution in [-0.2, 0) is 26.6 Å². The van der Waals surface area contributed by atoms with Crippen molar-refractivity contribution in [2.75, 3.05) is 0 Å². The lowest BCUT2D eigenvalue weighted by Gasteiger charge is -2.04. The summed E-state index contributed by atoms with van der Waals surface area (Å²) in [5, 5.41) is 9.57. The molecule has 0 spiro atoms. The highest BCUT2D eigenvalue weighted by molar-refractivity contribution is 9.10. The lowest BCUT2D eigenvalue weighted by Crippen LogP contribution is -2.16. The quantitative estimate of drug-likeness (QED) is 0.878. The van der Waals surface area contributed by atoms with Gasteiger partial charge >= 0.3 is 4.87 Å². The van der Waals surface area contributed by atoms with Crippen molar-refractivity contribution in [2.24, 2.45) is 7.05 Å². The zero-order chi connectivity index (χ0) is 13.1. The van der Waals surface area contributed by atoms with E-state index in [9.17, 15) is 4.79 Å². The van der Waals surface area contributed by atoms with Gasteiger partial charge in [0.25, 0.3) is 0 Å². The molecule has 2 aromatic rings. The fraction of sp³-hybridized carbons (Fsp3) is 0.455. The summed E-state index contributed by atoms with van der Waals surface area (Å²) in [6.07, 6.45) is 0.909. The largest absolute Gasteiger partial charge is 0.315 e. The molecular weight excluding hydrogens is 316 g/mol. The number of rotatable bonds is 5. The fourth-order valence-corrected chi connectivity index (χ4v) is 3.07. The maximum atomic E-state index is 11.0. The highest BCUT2D eigenvalue weighted by Gasteiger charge is 2.11. The third-order valence-electron chi connectivity index (χ3n) is 2.68. The van der Waals surface area contributed by atoms with Crippen molar-refractivity contribution in [1.29, 1.82) is 0 Å². The number of H-pyrrole nitrogens is 1. The first-order valence-corrected chi connectivity index (χ1v) is 7.36. The van der Waals surface area contributed by atoms with E-state index < -0.39 is 0 Å². The van der Waals surface area contributed by atoms with Crippen LogP contribution in [-0.4, -0.2) is 14.8 Å². The molecule has 0 aliphatic heterocycles. The number of nitrogens with one attached hydrogen (secondary N) is 2. The van der Waals surface area contributed by atoms with Gasteiger partial charge < -0.3 is 10.3 Å². The highest BCUT2D eigenvalue weighted by Crippen LogP contribution is 2.21. The molecule has 5 nitrogen and oxygen atoms in total. The van der Waals surface area contributed by atoms with Crippen LogP contribution in [0.2, 0.25) is 0 Å². The molecule has 0 amide bonds. The molecule has 0 fully saturated rings. The fourth-order valence-electron chi connectivity index (χ4n) is 1.73. The maximum Gasteiger partial charge on any atom is 0.304 e. The molecule has 0 atom stereocenters. The van der Waals surface area contributed by atoms with Crippen LogP contribution in [0.3, 0.4) is 0 Å². The van der Waals surface area contributed by atoms with E-state index in [1.54, 1.807) is 0 Å². The Hall–Kier alpha value is -0.920. The lowest BCUT2D eigenvalue weighted by molar-refractivity contribution is 0.617. The second kappa shape index (κ2) is 5.81. The molecule has 2 heterocycles. The summed E-state index contributed by atoms with van der Waals surface area (Å²) in [6.45, 7) is 3.44. The Morgan fingerprint density at radius 3 is 2.89 bits per heavy atom. The first-order chi connectivity index (χ1) is 8.61. The van der Waals surface area contributed by atoms with E-state index in [0.29, 0.717) is 13.1 Å². The van der Waals surface area contributed by atoms with Gasteiger partial charge in [0.1, 0.15) is 0 Å². The molecule has 0 saturated heterocycles. The standard InChI is InChI=1S/C11H15BrN4OS/c1-3-8-10(12)9(16(2)15-8)5-13-4-7-6-18-11(17)14-7/h6,13H,3-5H2,1-2H3,(H,14,17). The van der Waals surface area contributed by atoms with Gasteiger partial charge in [0.05, 0.1) is 15.9 Å². The van der Waals surface area contributed by atoms with Gasteiger partial charge in [-0.1, -0.05) is 18.3 Å². The molecule has 7 heteroatoms. The second-order valence-electron chi connectivity index (χ2n) is 3.96. The van der Waals surface area contributed by atoms with E-state index in [1.807, 2.05) is 17.1 Å². The molecule has 2 aromatic heterocycles. The molecule has 0 saturated carbocycles. The summed E-state index contributed by atoms with van der Waals surface area (Å²) in [5.41, 5.74) is 3.10. The van der Waals surface area contributed by atoms with Crippen LogP contribution in [0.15, 0.2) is 14.6 Å². The summed E-state index contributed by atoms with van der Waals surface area (Å²) in [5.74, 6) is 0. The number of aromatic nitrogens is 3. The average Bonchev–Trinajstić information content (AvgIpc) is 2.86. The number of hydrogen-bond acceptors (Lipinski definition) is 4. The van der Waals surface area contributed by atoms with Crippen LogP contribution in [0, 0.1) is 0 Å². The minimum absolute atomic E-state index is 0.0122. The minimum Gasteiger partial charge on any atom is -0.315 e. The summed E-state index contributed by atoms with van der Waals surface area (Å²) in [7, 11) is 1.94. The van der Waals surface area contributed by atoms with Crippen molar-refractivity contribution in [3.8, 4) is 0 Å². The number of halogens is 1.